The normalized spacial score (nSPS) is 16.7. The van der Waals surface area contributed by atoms with E-state index in [2.05, 4.69) is 15.6 Å². The van der Waals surface area contributed by atoms with Crippen LogP contribution in [0.1, 0.15) is 49.5 Å². The van der Waals surface area contributed by atoms with Crippen LogP contribution >= 0.6 is 0 Å². The van der Waals surface area contributed by atoms with Gasteiger partial charge in [-0.15, -0.1) is 0 Å². The van der Waals surface area contributed by atoms with Crippen LogP contribution in [0.5, 0.6) is 0 Å². The number of aryl methyl sites for hydroxylation is 1. The summed E-state index contributed by atoms with van der Waals surface area (Å²) in [5.41, 5.74) is 3.21. The van der Waals surface area contributed by atoms with Crippen molar-refractivity contribution in [3.05, 3.63) is 29.6 Å². The van der Waals surface area contributed by atoms with Crippen LogP contribution in [0, 0.1) is 6.92 Å². The Morgan fingerprint density at radius 2 is 2.26 bits per heavy atom. The largest absolute Gasteiger partial charge is 0.481 e. The highest BCUT2D eigenvalue weighted by Crippen LogP contribution is 2.38. The van der Waals surface area contributed by atoms with Gasteiger partial charge in [-0.2, -0.15) is 0 Å². The summed E-state index contributed by atoms with van der Waals surface area (Å²) in [6.45, 7) is 3.98. The van der Waals surface area contributed by atoms with Gasteiger partial charge in [-0.1, -0.05) is 13.0 Å². The molecule has 1 N–H and O–H groups in total. The molecule has 1 heterocycles. The lowest BCUT2D eigenvalue weighted by Gasteiger charge is -2.09. The van der Waals surface area contributed by atoms with Gasteiger partial charge in [-0.3, -0.25) is 4.79 Å². The molecule has 0 aliphatic heterocycles. The van der Waals surface area contributed by atoms with Crippen molar-refractivity contribution in [3.8, 4) is 0 Å². The molecular formula is C15H18N2O2. The standard InChI is InChI=1S/C15H18N2O2/c1-9(7-15(18)19)11-3-6-14-13(8-11)16-10(2)17(14)12-4-5-12/h3,6,8-9,12H,4-5,7H2,1-2H3,(H,18,19). The lowest BCUT2D eigenvalue weighted by atomic mass is 9.97. The third kappa shape index (κ3) is 2.23. The van der Waals surface area contributed by atoms with Crippen molar-refractivity contribution in [3.63, 3.8) is 0 Å². The summed E-state index contributed by atoms with van der Waals surface area (Å²) in [6, 6.07) is 6.78. The number of hydrogen-bond acceptors (Lipinski definition) is 2. The zero-order chi connectivity index (χ0) is 13.6. The molecule has 1 aliphatic rings. The highest BCUT2D eigenvalue weighted by atomic mass is 16.4. The van der Waals surface area contributed by atoms with E-state index in [1.807, 2.05) is 26.0 Å². The number of carbonyl (C=O) groups is 1. The molecule has 0 spiro atoms. The highest BCUT2D eigenvalue weighted by molar-refractivity contribution is 5.78. The molecule has 2 aromatic rings. The fourth-order valence-electron chi connectivity index (χ4n) is 2.72. The van der Waals surface area contributed by atoms with E-state index in [9.17, 15) is 4.79 Å². The van der Waals surface area contributed by atoms with Crippen LogP contribution in [0.25, 0.3) is 11.0 Å². The predicted octanol–water partition coefficient (Wildman–Crippen LogP) is 3.26. The van der Waals surface area contributed by atoms with Gasteiger partial charge in [0.25, 0.3) is 0 Å². The number of rotatable bonds is 4. The molecule has 4 heteroatoms. The van der Waals surface area contributed by atoms with Crippen molar-refractivity contribution in [1.29, 1.82) is 0 Å². The van der Waals surface area contributed by atoms with Crippen LogP contribution in [0.15, 0.2) is 18.2 Å². The Balaban J connectivity index is 1.99. The van der Waals surface area contributed by atoms with E-state index in [0.717, 1.165) is 16.9 Å². The average molecular weight is 258 g/mol. The molecule has 1 saturated carbocycles. The maximum absolute atomic E-state index is 10.8. The van der Waals surface area contributed by atoms with Crippen molar-refractivity contribution < 1.29 is 9.90 Å². The van der Waals surface area contributed by atoms with Crippen molar-refractivity contribution in [2.45, 2.75) is 45.1 Å². The number of carboxylic acids is 1. The molecule has 1 atom stereocenters. The van der Waals surface area contributed by atoms with Gasteiger partial charge < -0.3 is 9.67 Å². The number of aliphatic carboxylic acids is 1. The Kier molecular flexibility index (Phi) is 2.81. The van der Waals surface area contributed by atoms with E-state index in [-0.39, 0.29) is 12.3 Å². The summed E-state index contributed by atoms with van der Waals surface area (Å²) in [5, 5.41) is 8.87. The minimum Gasteiger partial charge on any atom is -0.481 e. The molecule has 1 aliphatic carbocycles. The molecule has 1 unspecified atom stereocenters. The predicted molar refractivity (Wildman–Crippen MR) is 73.4 cm³/mol. The van der Waals surface area contributed by atoms with Gasteiger partial charge >= 0.3 is 5.97 Å². The van der Waals surface area contributed by atoms with Gasteiger partial charge in [0, 0.05) is 6.04 Å². The van der Waals surface area contributed by atoms with E-state index in [0.29, 0.717) is 6.04 Å². The van der Waals surface area contributed by atoms with Crippen LogP contribution in [-0.4, -0.2) is 20.6 Å². The number of fused-ring (bicyclic) bond motifs is 1. The fourth-order valence-corrected chi connectivity index (χ4v) is 2.72. The van der Waals surface area contributed by atoms with E-state index in [1.165, 1.54) is 18.4 Å². The lowest BCUT2D eigenvalue weighted by Crippen LogP contribution is -2.02. The van der Waals surface area contributed by atoms with Crippen LogP contribution in [0.3, 0.4) is 0 Å². The first-order chi connectivity index (χ1) is 9.06. The second-order valence-corrected chi connectivity index (χ2v) is 5.51. The number of imidazole rings is 1. The summed E-state index contributed by atoms with van der Waals surface area (Å²) in [7, 11) is 0. The first-order valence-corrected chi connectivity index (χ1v) is 6.76. The summed E-state index contributed by atoms with van der Waals surface area (Å²) in [5.74, 6) is 0.320. The Bertz CT molecular complexity index is 641. The average Bonchev–Trinajstić information content (AvgIpc) is 3.10. The molecule has 19 heavy (non-hydrogen) atoms. The molecule has 0 amide bonds. The SMILES string of the molecule is Cc1nc2cc(C(C)CC(=O)O)ccc2n1C1CC1. The topological polar surface area (TPSA) is 55.1 Å². The summed E-state index contributed by atoms with van der Waals surface area (Å²) in [6.07, 6.45) is 2.64. The number of aromatic nitrogens is 2. The molecule has 0 radical (unpaired) electrons. The first-order valence-electron chi connectivity index (χ1n) is 6.76. The lowest BCUT2D eigenvalue weighted by molar-refractivity contribution is -0.137. The fraction of sp³-hybridized carbons (Fsp3) is 0.467. The third-order valence-electron chi connectivity index (χ3n) is 3.85. The van der Waals surface area contributed by atoms with E-state index in [4.69, 9.17) is 5.11 Å². The zero-order valence-electron chi connectivity index (χ0n) is 11.3. The van der Waals surface area contributed by atoms with Crippen molar-refractivity contribution >= 4 is 17.0 Å². The van der Waals surface area contributed by atoms with Crippen LogP contribution < -0.4 is 0 Å². The Morgan fingerprint density at radius 3 is 2.89 bits per heavy atom. The second kappa shape index (κ2) is 4.37. The Hall–Kier alpha value is -1.84. The summed E-state index contributed by atoms with van der Waals surface area (Å²) in [4.78, 5) is 15.4. The van der Waals surface area contributed by atoms with Gasteiger partial charge in [-0.05, 0) is 43.4 Å². The molecule has 4 nitrogen and oxygen atoms in total. The van der Waals surface area contributed by atoms with Crippen molar-refractivity contribution in [2.75, 3.05) is 0 Å². The molecular weight excluding hydrogens is 240 g/mol. The smallest absolute Gasteiger partial charge is 0.303 e. The maximum atomic E-state index is 10.8. The molecule has 1 fully saturated rings. The van der Waals surface area contributed by atoms with Gasteiger partial charge in [-0.25, -0.2) is 4.98 Å². The molecule has 1 aromatic carbocycles. The van der Waals surface area contributed by atoms with Crippen LogP contribution in [0.4, 0.5) is 0 Å². The first kappa shape index (κ1) is 12.2. The van der Waals surface area contributed by atoms with Gasteiger partial charge in [0.15, 0.2) is 0 Å². The maximum Gasteiger partial charge on any atom is 0.303 e. The minimum absolute atomic E-state index is 0.0216. The molecule has 1 aromatic heterocycles. The van der Waals surface area contributed by atoms with Crippen molar-refractivity contribution in [1.82, 2.24) is 9.55 Å². The van der Waals surface area contributed by atoms with Crippen LogP contribution in [-0.2, 0) is 4.79 Å². The van der Waals surface area contributed by atoms with Gasteiger partial charge in [0.2, 0.25) is 0 Å². The van der Waals surface area contributed by atoms with Crippen LogP contribution in [0.2, 0.25) is 0 Å². The minimum atomic E-state index is -0.757. The summed E-state index contributed by atoms with van der Waals surface area (Å²) >= 11 is 0. The molecule has 0 saturated heterocycles. The number of nitrogens with zero attached hydrogens (tertiary/aromatic N) is 2. The van der Waals surface area contributed by atoms with E-state index < -0.39 is 5.97 Å². The summed E-state index contributed by atoms with van der Waals surface area (Å²) < 4.78 is 2.31. The second-order valence-electron chi connectivity index (χ2n) is 5.51. The number of carboxylic acid groups (broad SMARTS) is 1. The van der Waals surface area contributed by atoms with E-state index in [1.54, 1.807) is 0 Å². The third-order valence-corrected chi connectivity index (χ3v) is 3.85. The van der Waals surface area contributed by atoms with Gasteiger partial charge in [0.1, 0.15) is 5.82 Å². The highest BCUT2D eigenvalue weighted by Gasteiger charge is 2.27. The Morgan fingerprint density at radius 1 is 1.53 bits per heavy atom. The monoisotopic (exact) mass is 258 g/mol. The molecule has 0 bridgehead atoms. The Labute approximate surface area is 112 Å². The number of benzene rings is 1. The molecule has 100 valence electrons. The van der Waals surface area contributed by atoms with Crippen molar-refractivity contribution in [2.24, 2.45) is 0 Å². The van der Waals surface area contributed by atoms with Gasteiger partial charge in [0.05, 0.1) is 17.5 Å². The number of hydrogen-bond donors (Lipinski definition) is 1. The van der Waals surface area contributed by atoms with E-state index >= 15 is 0 Å². The quantitative estimate of drug-likeness (QED) is 0.915. The zero-order valence-corrected chi connectivity index (χ0v) is 11.3. The molecule has 3 rings (SSSR count).